The van der Waals surface area contributed by atoms with Crippen molar-refractivity contribution in [3.8, 4) is 11.5 Å². The Bertz CT molecular complexity index is 403. The molecule has 1 aromatic carbocycles. The third kappa shape index (κ3) is 3.00. The topological polar surface area (TPSA) is 65.7 Å². The van der Waals surface area contributed by atoms with Crippen molar-refractivity contribution >= 4 is 0 Å². The number of nitrogens with one attached hydrogen (secondary N) is 1. The normalized spacial score (nSPS) is 24.2. The molecule has 0 radical (unpaired) electrons. The SMILES string of the molecule is COc1cc(OC)cc(C(NN)C2CCOC2C)c1. The first-order valence-corrected chi connectivity index (χ1v) is 6.50. The zero-order chi connectivity index (χ0) is 13.8. The van der Waals surface area contributed by atoms with Gasteiger partial charge in [0.05, 0.1) is 26.4 Å². The van der Waals surface area contributed by atoms with Crippen LogP contribution in [0.5, 0.6) is 11.5 Å². The molecule has 19 heavy (non-hydrogen) atoms. The Balaban J connectivity index is 2.31. The molecule has 3 atom stereocenters. The number of rotatable bonds is 5. The molecule has 2 rings (SSSR count). The summed E-state index contributed by atoms with van der Waals surface area (Å²) in [4.78, 5) is 0. The minimum absolute atomic E-state index is 0.0292. The number of hydrogen-bond donors (Lipinski definition) is 2. The molecule has 5 nitrogen and oxygen atoms in total. The highest BCUT2D eigenvalue weighted by atomic mass is 16.5. The first-order chi connectivity index (χ1) is 9.19. The van der Waals surface area contributed by atoms with Gasteiger partial charge in [-0.05, 0) is 31.0 Å². The Morgan fingerprint density at radius 1 is 1.26 bits per heavy atom. The number of hydrazine groups is 1. The van der Waals surface area contributed by atoms with E-state index in [0.717, 1.165) is 30.1 Å². The van der Waals surface area contributed by atoms with Crippen LogP contribution in [0.15, 0.2) is 18.2 Å². The predicted octanol–water partition coefficient (Wildman–Crippen LogP) is 1.63. The predicted molar refractivity (Wildman–Crippen MR) is 73.1 cm³/mol. The summed E-state index contributed by atoms with van der Waals surface area (Å²) in [5, 5.41) is 0. The van der Waals surface area contributed by atoms with E-state index >= 15 is 0 Å². The Labute approximate surface area is 114 Å². The molecule has 1 saturated heterocycles. The number of nitrogens with two attached hydrogens (primary N) is 1. The van der Waals surface area contributed by atoms with Gasteiger partial charge in [-0.2, -0.15) is 0 Å². The standard InChI is InChI=1S/C14H22N2O3/c1-9-13(4-5-19-9)14(16-15)10-6-11(17-2)8-12(7-10)18-3/h6-9,13-14,16H,4-5,15H2,1-3H3. The highest BCUT2D eigenvalue weighted by molar-refractivity contribution is 5.40. The average Bonchev–Trinajstić information content (AvgIpc) is 2.85. The van der Waals surface area contributed by atoms with Crippen molar-refractivity contribution in [3.05, 3.63) is 23.8 Å². The third-order valence-electron chi connectivity index (χ3n) is 3.78. The second-order valence-electron chi connectivity index (χ2n) is 4.82. The van der Waals surface area contributed by atoms with Gasteiger partial charge in [-0.1, -0.05) is 0 Å². The third-order valence-corrected chi connectivity index (χ3v) is 3.78. The zero-order valence-corrected chi connectivity index (χ0v) is 11.7. The van der Waals surface area contributed by atoms with Crippen LogP contribution in [0, 0.1) is 5.92 Å². The first kappa shape index (κ1) is 14.1. The number of methoxy groups -OCH3 is 2. The lowest BCUT2D eigenvalue weighted by atomic mass is 9.88. The fraction of sp³-hybridized carbons (Fsp3) is 0.571. The molecular formula is C14H22N2O3. The lowest BCUT2D eigenvalue weighted by Crippen LogP contribution is -2.36. The minimum atomic E-state index is 0.0292. The summed E-state index contributed by atoms with van der Waals surface area (Å²) in [6, 6.07) is 5.85. The number of benzene rings is 1. The molecule has 1 aromatic rings. The molecule has 0 bridgehead atoms. The van der Waals surface area contributed by atoms with Crippen LogP contribution >= 0.6 is 0 Å². The number of hydrogen-bond acceptors (Lipinski definition) is 5. The molecule has 3 unspecified atom stereocenters. The lowest BCUT2D eigenvalue weighted by molar-refractivity contribution is 0.0953. The summed E-state index contributed by atoms with van der Waals surface area (Å²) >= 11 is 0. The molecule has 0 aromatic heterocycles. The van der Waals surface area contributed by atoms with Crippen LogP contribution in [0.3, 0.4) is 0 Å². The molecule has 1 fully saturated rings. The van der Waals surface area contributed by atoms with Gasteiger partial charge < -0.3 is 14.2 Å². The van der Waals surface area contributed by atoms with Gasteiger partial charge >= 0.3 is 0 Å². The molecular weight excluding hydrogens is 244 g/mol. The van der Waals surface area contributed by atoms with Gasteiger partial charge in [-0.25, -0.2) is 0 Å². The van der Waals surface area contributed by atoms with E-state index < -0.39 is 0 Å². The quantitative estimate of drug-likeness (QED) is 0.626. The van der Waals surface area contributed by atoms with Crippen LogP contribution in [-0.4, -0.2) is 26.9 Å². The van der Waals surface area contributed by atoms with Crippen molar-refractivity contribution in [1.82, 2.24) is 5.43 Å². The van der Waals surface area contributed by atoms with E-state index in [2.05, 4.69) is 12.3 Å². The molecule has 0 amide bonds. The summed E-state index contributed by atoms with van der Waals surface area (Å²) in [5.41, 5.74) is 3.96. The molecule has 5 heteroatoms. The van der Waals surface area contributed by atoms with Crippen molar-refractivity contribution in [3.63, 3.8) is 0 Å². The highest BCUT2D eigenvalue weighted by Crippen LogP contribution is 2.35. The van der Waals surface area contributed by atoms with Gasteiger partial charge in [-0.3, -0.25) is 11.3 Å². The highest BCUT2D eigenvalue weighted by Gasteiger charge is 2.32. The van der Waals surface area contributed by atoms with Gasteiger partial charge in [0.25, 0.3) is 0 Å². The van der Waals surface area contributed by atoms with E-state index in [1.165, 1.54) is 0 Å². The van der Waals surface area contributed by atoms with E-state index in [4.69, 9.17) is 20.1 Å². The van der Waals surface area contributed by atoms with Crippen LogP contribution in [0.1, 0.15) is 24.9 Å². The first-order valence-electron chi connectivity index (χ1n) is 6.50. The van der Waals surface area contributed by atoms with Crippen LogP contribution in [0.25, 0.3) is 0 Å². The molecule has 3 N–H and O–H groups in total. The summed E-state index contributed by atoms with van der Waals surface area (Å²) in [5.74, 6) is 7.62. The Hall–Kier alpha value is -1.30. The molecule has 0 spiro atoms. The van der Waals surface area contributed by atoms with Gasteiger partial charge in [0.1, 0.15) is 11.5 Å². The maximum Gasteiger partial charge on any atom is 0.122 e. The largest absolute Gasteiger partial charge is 0.497 e. The summed E-state index contributed by atoms with van der Waals surface area (Å²) in [6.07, 6.45) is 1.19. The molecule has 0 aliphatic carbocycles. The second-order valence-corrected chi connectivity index (χ2v) is 4.82. The Morgan fingerprint density at radius 3 is 2.32 bits per heavy atom. The Kier molecular flexibility index (Phi) is 4.63. The van der Waals surface area contributed by atoms with Crippen molar-refractivity contribution in [2.45, 2.75) is 25.5 Å². The molecule has 1 aliphatic rings. The van der Waals surface area contributed by atoms with Crippen molar-refractivity contribution < 1.29 is 14.2 Å². The van der Waals surface area contributed by atoms with Crippen molar-refractivity contribution in [2.24, 2.45) is 11.8 Å². The lowest BCUT2D eigenvalue weighted by Gasteiger charge is -2.26. The van der Waals surface area contributed by atoms with E-state index in [0.29, 0.717) is 5.92 Å². The monoisotopic (exact) mass is 266 g/mol. The summed E-state index contributed by atoms with van der Waals surface area (Å²) < 4.78 is 16.2. The van der Waals surface area contributed by atoms with E-state index in [-0.39, 0.29) is 12.1 Å². The molecule has 0 saturated carbocycles. The van der Waals surface area contributed by atoms with Crippen LogP contribution < -0.4 is 20.7 Å². The van der Waals surface area contributed by atoms with Crippen LogP contribution in [-0.2, 0) is 4.74 Å². The molecule has 1 aliphatic heterocycles. The zero-order valence-electron chi connectivity index (χ0n) is 11.7. The van der Waals surface area contributed by atoms with E-state index in [9.17, 15) is 0 Å². The average molecular weight is 266 g/mol. The minimum Gasteiger partial charge on any atom is -0.497 e. The fourth-order valence-electron chi connectivity index (χ4n) is 2.66. The van der Waals surface area contributed by atoms with Crippen molar-refractivity contribution in [2.75, 3.05) is 20.8 Å². The second kappa shape index (κ2) is 6.23. The van der Waals surface area contributed by atoms with Crippen LogP contribution in [0.4, 0.5) is 0 Å². The maximum atomic E-state index is 5.74. The van der Waals surface area contributed by atoms with E-state index in [1.807, 2.05) is 18.2 Å². The molecule has 106 valence electrons. The van der Waals surface area contributed by atoms with Gasteiger partial charge in [0.15, 0.2) is 0 Å². The van der Waals surface area contributed by atoms with Crippen molar-refractivity contribution in [1.29, 1.82) is 0 Å². The number of ether oxygens (including phenoxy) is 3. The van der Waals surface area contributed by atoms with Gasteiger partial charge in [0, 0.05) is 18.6 Å². The summed E-state index contributed by atoms with van der Waals surface area (Å²) in [6.45, 7) is 2.87. The smallest absolute Gasteiger partial charge is 0.122 e. The Morgan fingerprint density at radius 2 is 1.89 bits per heavy atom. The molecule has 1 heterocycles. The van der Waals surface area contributed by atoms with E-state index in [1.54, 1.807) is 14.2 Å². The van der Waals surface area contributed by atoms with Gasteiger partial charge in [0.2, 0.25) is 0 Å². The maximum absolute atomic E-state index is 5.74. The summed E-state index contributed by atoms with van der Waals surface area (Å²) in [7, 11) is 3.29. The van der Waals surface area contributed by atoms with Crippen LogP contribution in [0.2, 0.25) is 0 Å². The van der Waals surface area contributed by atoms with Gasteiger partial charge in [-0.15, -0.1) is 0 Å². The fourth-order valence-corrected chi connectivity index (χ4v) is 2.66.